The molecular formula is C19H30ClN3O2S. The number of halogens is 1. The highest BCUT2D eigenvalue weighted by atomic mass is 35.5. The van der Waals surface area contributed by atoms with Crippen molar-refractivity contribution in [3.63, 3.8) is 0 Å². The van der Waals surface area contributed by atoms with Gasteiger partial charge in [-0.1, -0.05) is 11.6 Å². The predicted octanol–water partition coefficient (Wildman–Crippen LogP) is 3.53. The van der Waals surface area contributed by atoms with Crippen molar-refractivity contribution in [1.82, 2.24) is 10.2 Å². The fraction of sp³-hybridized carbons (Fsp3) is 0.632. The number of nitrogens with zero attached hydrogens (tertiary/aromatic N) is 2. The molecule has 1 aromatic carbocycles. The number of hydrogen-bond donors (Lipinski definition) is 1. The van der Waals surface area contributed by atoms with E-state index < -0.39 is 0 Å². The van der Waals surface area contributed by atoms with Crippen LogP contribution in [0.1, 0.15) is 19.8 Å². The molecule has 1 aliphatic rings. The quantitative estimate of drug-likeness (QED) is 0.535. The number of aliphatic imine (C=N–C) groups is 1. The molecule has 1 saturated heterocycles. The highest BCUT2D eigenvalue weighted by Gasteiger charge is 2.31. The topological polar surface area (TPSA) is 46.1 Å². The molecule has 0 amide bonds. The van der Waals surface area contributed by atoms with Crippen molar-refractivity contribution in [3.05, 3.63) is 29.3 Å². The lowest BCUT2D eigenvalue weighted by Gasteiger charge is -2.34. The maximum Gasteiger partial charge on any atom is 0.193 e. The molecule has 1 N–H and O–H groups in total. The van der Waals surface area contributed by atoms with Gasteiger partial charge in [-0.2, -0.15) is 11.8 Å². The van der Waals surface area contributed by atoms with Crippen LogP contribution >= 0.6 is 23.4 Å². The summed E-state index contributed by atoms with van der Waals surface area (Å²) in [5, 5.41) is 4.10. The van der Waals surface area contributed by atoms with Crippen LogP contribution in [0.4, 0.5) is 0 Å². The van der Waals surface area contributed by atoms with Crippen LogP contribution in [0.15, 0.2) is 29.3 Å². The van der Waals surface area contributed by atoms with Gasteiger partial charge in [0.05, 0.1) is 13.1 Å². The van der Waals surface area contributed by atoms with Crippen LogP contribution in [0, 0.1) is 0 Å². The molecular weight excluding hydrogens is 370 g/mol. The van der Waals surface area contributed by atoms with Gasteiger partial charge in [0.15, 0.2) is 5.96 Å². The van der Waals surface area contributed by atoms with E-state index in [-0.39, 0.29) is 4.75 Å². The van der Waals surface area contributed by atoms with Crippen molar-refractivity contribution in [2.75, 3.05) is 52.8 Å². The number of ether oxygens (including phenoxy) is 2. The van der Waals surface area contributed by atoms with Gasteiger partial charge in [0.2, 0.25) is 0 Å². The van der Waals surface area contributed by atoms with Crippen LogP contribution < -0.4 is 10.1 Å². The molecule has 0 aromatic heterocycles. The van der Waals surface area contributed by atoms with Gasteiger partial charge in [0.1, 0.15) is 12.4 Å². The van der Waals surface area contributed by atoms with Crippen molar-refractivity contribution in [2.24, 2.45) is 4.99 Å². The molecule has 0 aliphatic carbocycles. The van der Waals surface area contributed by atoms with Gasteiger partial charge in [0, 0.05) is 36.6 Å². The predicted molar refractivity (Wildman–Crippen MR) is 112 cm³/mol. The number of guanidine groups is 1. The molecule has 0 bridgehead atoms. The van der Waals surface area contributed by atoms with Crippen LogP contribution in [0.25, 0.3) is 0 Å². The lowest BCUT2D eigenvalue weighted by Crippen LogP contribution is -2.43. The molecule has 0 unspecified atom stereocenters. The first-order chi connectivity index (χ1) is 12.6. The number of hydrogen-bond acceptors (Lipinski definition) is 4. The monoisotopic (exact) mass is 399 g/mol. The SMILES string of the molecule is CCNC(=NCC1(SC)CCOCC1)N(C)CCOc1ccc(Cl)cc1. The van der Waals surface area contributed by atoms with Crippen LogP contribution in [0.5, 0.6) is 5.75 Å². The summed E-state index contributed by atoms with van der Waals surface area (Å²) in [5.41, 5.74) is 0. The second kappa shape index (κ2) is 10.9. The smallest absolute Gasteiger partial charge is 0.193 e. The Hall–Kier alpha value is -1.11. The number of thioether (sulfide) groups is 1. The van der Waals surface area contributed by atoms with E-state index in [1.807, 2.05) is 43.1 Å². The Morgan fingerprint density at radius 2 is 2.04 bits per heavy atom. The second-order valence-corrected chi connectivity index (χ2v) is 8.10. The van der Waals surface area contributed by atoms with Crippen molar-refractivity contribution >= 4 is 29.3 Å². The lowest BCUT2D eigenvalue weighted by molar-refractivity contribution is 0.0793. The Bertz CT molecular complexity index is 562. The normalized spacial score (nSPS) is 17.0. The third-order valence-corrected chi connectivity index (χ3v) is 6.21. The summed E-state index contributed by atoms with van der Waals surface area (Å²) >= 11 is 7.81. The zero-order valence-electron chi connectivity index (χ0n) is 16.0. The van der Waals surface area contributed by atoms with Gasteiger partial charge in [-0.3, -0.25) is 4.99 Å². The summed E-state index contributed by atoms with van der Waals surface area (Å²) in [6.07, 6.45) is 4.29. The van der Waals surface area contributed by atoms with Gasteiger partial charge >= 0.3 is 0 Å². The minimum absolute atomic E-state index is 0.194. The maximum atomic E-state index is 5.90. The van der Waals surface area contributed by atoms with Gasteiger partial charge in [-0.15, -0.1) is 0 Å². The molecule has 7 heteroatoms. The standard InChI is InChI=1S/C19H30ClN3O2S/c1-4-21-18(22-15-19(26-3)9-12-24-13-10-19)23(2)11-14-25-17-7-5-16(20)6-8-17/h5-8H,4,9-15H2,1-3H3,(H,21,22). The molecule has 0 radical (unpaired) electrons. The number of likely N-dealkylation sites (N-methyl/N-ethyl adjacent to an activating group) is 1. The molecule has 0 atom stereocenters. The van der Waals surface area contributed by atoms with Gasteiger partial charge in [-0.25, -0.2) is 0 Å². The Labute approximate surface area is 166 Å². The molecule has 0 saturated carbocycles. The number of benzene rings is 1. The van der Waals surface area contributed by atoms with Crippen molar-refractivity contribution in [3.8, 4) is 5.75 Å². The fourth-order valence-corrected chi connectivity index (χ4v) is 3.69. The van der Waals surface area contributed by atoms with Crippen molar-refractivity contribution in [1.29, 1.82) is 0 Å². The van der Waals surface area contributed by atoms with E-state index in [1.165, 1.54) is 0 Å². The fourth-order valence-electron chi connectivity index (χ4n) is 2.80. The Balaban J connectivity index is 1.88. The van der Waals surface area contributed by atoms with Crippen LogP contribution in [0.2, 0.25) is 5.02 Å². The minimum Gasteiger partial charge on any atom is -0.492 e. The van der Waals surface area contributed by atoms with E-state index in [9.17, 15) is 0 Å². The zero-order chi connectivity index (χ0) is 18.8. The van der Waals surface area contributed by atoms with Gasteiger partial charge < -0.3 is 19.7 Å². The molecule has 0 spiro atoms. The van der Waals surface area contributed by atoms with Gasteiger partial charge in [-0.05, 0) is 50.3 Å². The Morgan fingerprint density at radius 3 is 2.65 bits per heavy atom. The molecule has 2 rings (SSSR count). The second-order valence-electron chi connectivity index (χ2n) is 6.39. The van der Waals surface area contributed by atoms with Crippen LogP contribution in [-0.4, -0.2) is 68.4 Å². The third-order valence-electron chi connectivity index (χ3n) is 4.56. The highest BCUT2D eigenvalue weighted by molar-refractivity contribution is 8.00. The lowest BCUT2D eigenvalue weighted by atomic mass is 9.99. The summed E-state index contributed by atoms with van der Waals surface area (Å²) in [5.74, 6) is 1.75. The first-order valence-corrected chi connectivity index (χ1v) is 10.7. The van der Waals surface area contributed by atoms with E-state index >= 15 is 0 Å². The van der Waals surface area contributed by atoms with Crippen molar-refractivity contribution in [2.45, 2.75) is 24.5 Å². The van der Waals surface area contributed by atoms with E-state index in [0.717, 1.165) is 57.4 Å². The summed E-state index contributed by atoms with van der Waals surface area (Å²) in [4.78, 5) is 7.02. The molecule has 1 heterocycles. The van der Waals surface area contributed by atoms with E-state index in [1.54, 1.807) is 0 Å². The Kier molecular flexibility index (Phi) is 8.88. The molecule has 1 fully saturated rings. The number of nitrogens with one attached hydrogen (secondary N) is 1. The molecule has 146 valence electrons. The third kappa shape index (κ3) is 6.56. The maximum absolute atomic E-state index is 5.90. The average molecular weight is 400 g/mol. The largest absolute Gasteiger partial charge is 0.492 e. The minimum atomic E-state index is 0.194. The summed E-state index contributed by atoms with van der Waals surface area (Å²) < 4.78 is 11.5. The first kappa shape index (κ1) is 21.2. The van der Waals surface area contributed by atoms with Crippen molar-refractivity contribution < 1.29 is 9.47 Å². The number of rotatable bonds is 8. The molecule has 26 heavy (non-hydrogen) atoms. The Morgan fingerprint density at radius 1 is 1.35 bits per heavy atom. The summed E-state index contributed by atoms with van der Waals surface area (Å²) in [6.45, 7) is 6.74. The van der Waals surface area contributed by atoms with E-state index in [4.69, 9.17) is 26.1 Å². The molecule has 1 aliphatic heterocycles. The summed E-state index contributed by atoms with van der Waals surface area (Å²) in [6, 6.07) is 7.44. The molecule has 1 aromatic rings. The van der Waals surface area contributed by atoms with E-state index in [0.29, 0.717) is 11.6 Å². The first-order valence-electron chi connectivity index (χ1n) is 9.09. The molecule has 5 nitrogen and oxygen atoms in total. The highest BCUT2D eigenvalue weighted by Crippen LogP contribution is 2.34. The van der Waals surface area contributed by atoms with Crippen LogP contribution in [-0.2, 0) is 4.74 Å². The average Bonchev–Trinajstić information content (AvgIpc) is 2.67. The van der Waals surface area contributed by atoms with Crippen LogP contribution in [0.3, 0.4) is 0 Å². The van der Waals surface area contributed by atoms with E-state index in [2.05, 4.69) is 23.4 Å². The zero-order valence-corrected chi connectivity index (χ0v) is 17.5. The summed E-state index contributed by atoms with van der Waals surface area (Å²) in [7, 11) is 2.04. The van der Waals surface area contributed by atoms with Gasteiger partial charge in [0.25, 0.3) is 0 Å².